The van der Waals surface area contributed by atoms with E-state index >= 15 is 0 Å². The first-order chi connectivity index (χ1) is 16.7. The minimum Gasteiger partial charge on any atom is -0.497 e. The second-order valence-corrected chi connectivity index (χ2v) is 9.68. The minimum atomic E-state index is 0.0377. The molecule has 1 aromatic heterocycles. The predicted molar refractivity (Wildman–Crippen MR) is 136 cm³/mol. The lowest BCUT2D eigenvalue weighted by Gasteiger charge is -2.27. The Balaban J connectivity index is 1.31. The van der Waals surface area contributed by atoms with Crippen molar-refractivity contribution in [2.45, 2.75) is 19.3 Å². The molecule has 0 aliphatic carbocycles. The van der Waals surface area contributed by atoms with Gasteiger partial charge in [0.25, 0.3) is 5.91 Å². The molecular weight excluding hydrogens is 448 g/mol. The SMILES string of the molecule is COc1ccc(-c2cc3c(s2)C(=O)N(c2ccc(OCCN4CCCC4)c(OC)c2)CC3)cc1. The van der Waals surface area contributed by atoms with Gasteiger partial charge in [-0.3, -0.25) is 9.69 Å². The summed E-state index contributed by atoms with van der Waals surface area (Å²) < 4.78 is 16.9. The van der Waals surface area contributed by atoms with Gasteiger partial charge < -0.3 is 19.1 Å². The number of thiophene rings is 1. The van der Waals surface area contributed by atoms with E-state index in [-0.39, 0.29) is 5.91 Å². The fourth-order valence-electron chi connectivity index (χ4n) is 4.63. The van der Waals surface area contributed by atoms with E-state index in [2.05, 4.69) is 11.0 Å². The molecule has 0 saturated carbocycles. The van der Waals surface area contributed by atoms with Gasteiger partial charge in [-0.05, 0) is 85.9 Å². The molecule has 3 heterocycles. The van der Waals surface area contributed by atoms with Gasteiger partial charge in [-0.2, -0.15) is 0 Å². The van der Waals surface area contributed by atoms with Crippen molar-refractivity contribution in [3.63, 3.8) is 0 Å². The van der Waals surface area contributed by atoms with Crippen LogP contribution >= 0.6 is 11.3 Å². The monoisotopic (exact) mass is 478 g/mol. The van der Waals surface area contributed by atoms with Crippen molar-refractivity contribution in [3.8, 4) is 27.7 Å². The van der Waals surface area contributed by atoms with Gasteiger partial charge >= 0.3 is 0 Å². The molecule has 34 heavy (non-hydrogen) atoms. The number of hydrogen-bond donors (Lipinski definition) is 0. The van der Waals surface area contributed by atoms with Crippen molar-refractivity contribution >= 4 is 22.9 Å². The highest BCUT2D eigenvalue weighted by atomic mass is 32.1. The van der Waals surface area contributed by atoms with E-state index < -0.39 is 0 Å². The molecule has 0 atom stereocenters. The van der Waals surface area contributed by atoms with Crippen molar-refractivity contribution in [1.29, 1.82) is 0 Å². The van der Waals surface area contributed by atoms with Crippen molar-refractivity contribution in [3.05, 3.63) is 59.0 Å². The first-order valence-electron chi connectivity index (χ1n) is 11.8. The second-order valence-electron chi connectivity index (χ2n) is 8.63. The van der Waals surface area contributed by atoms with Gasteiger partial charge in [-0.15, -0.1) is 11.3 Å². The number of fused-ring (bicyclic) bond motifs is 1. The Bertz CT molecular complexity index is 1150. The summed E-state index contributed by atoms with van der Waals surface area (Å²) in [5.41, 5.74) is 3.04. The zero-order chi connectivity index (χ0) is 23.5. The highest BCUT2D eigenvalue weighted by Gasteiger charge is 2.29. The Morgan fingerprint density at radius 3 is 2.44 bits per heavy atom. The standard InChI is InChI=1S/C27H30N2O4S/c1-31-22-8-5-19(6-9-22)25-17-20-11-14-29(27(30)26(20)34-25)21-7-10-23(24(18-21)32-2)33-16-15-28-12-3-4-13-28/h5-10,17-18H,3-4,11-16H2,1-2H3. The van der Waals surface area contributed by atoms with E-state index in [1.165, 1.54) is 12.8 Å². The summed E-state index contributed by atoms with van der Waals surface area (Å²) in [5, 5.41) is 0. The Morgan fingerprint density at radius 2 is 1.71 bits per heavy atom. The number of carbonyl (C=O) groups excluding carboxylic acids is 1. The van der Waals surface area contributed by atoms with Gasteiger partial charge in [-0.1, -0.05) is 0 Å². The number of benzene rings is 2. The number of methoxy groups -OCH3 is 2. The van der Waals surface area contributed by atoms with Gasteiger partial charge in [0.1, 0.15) is 12.4 Å². The quantitative estimate of drug-likeness (QED) is 0.450. The lowest BCUT2D eigenvalue weighted by Crippen LogP contribution is -2.36. The number of carbonyl (C=O) groups is 1. The maximum absolute atomic E-state index is 13.4. The number of likely N-dealkylation sites (tertiary alicyclic amines) is 1. The lowest BCUT2D eigenvalue weighted by atomic mass is 10.1. The summed E-state index contributed by atoms with van der Waals surface area (Å²) in [4.78, 5) is 19.6. The van der Waals surface area contributed by atoms with E-state index in [9.17, 15) is 4.79 Å². The zero-order valence-electron chi connectivity index (χ0n) is 19.7. The van der Waals surface area contributed by atoms with Crippen LogP contribution < -0.4 is 19.1 Å². The molecule has 178 valence electrons. The lowest BCUT2D eigenvalue weighted by molar-refractivity contribution is 0.0985. The van der Waals surface area contributed by atoms with Crippen LogP contribution in [0.4, 0.5) is 5.69 Å². The van der Waals surface area contributed by atoms with Gasteiger partial charge in [0.2, 0.25) is 0 Å². The molecule has 2 aliphatic rings. The topological polar surface area (TPSA) is 51.2 Å². The van der Waals surface area contributed by atoms with E-state index in [1.54, 1.807) is 25.6 Å². The second kappa shape index (κ2) is 10.1. The molecule has 7 heteroatoms. The number of rotatable bonds is 8. The molecular formula is C27H30N2O4S. The summed E-state index contributed by atoms with van der Waals surface area (Å²) in [6.45, 7) is 4.50. The van der Waals surface area contributed by atoms with Crippen LogP contribution in [0.3, 0.4) is 0 Å². The molecule has 0 radical (unpaired) electrons. The number of nitrogens with zero attached hydrogens (tertiary/aromatic N) is 2. The smallest absolute Gasteiger partial charge is 0.268 e. The molecule has 2 aromatic carbocycles. The van der Waals surface area contributed by atoms with Crippen LogP contribution in [0.15, 0.2) is 48.5 Å². The molecule has 1 fully saturated rings. The van der Waals surface area contributed by atoms with Crippen LogP contribution in [0.5, 0.6) is 17.2 Å². The van der Waals surface area contributed by atoms with Crippen LogP contribution in [-0.4, -0.2) is 57.8 Å². The third-order valence-electron chi connectivity index (χ3n) is 6.55. The summed E-state index contributed by atoms with van der Waals surface area (Å²) >= 11 is 1.55. The zero-order valence-corrected chi connectivity index (χ0v) is 20.5. The normalized spacial score (nSPS) is 15.9. The highest BCUT2D eigenvalue weighted by molar-refractivity contribution is 7.17. The van der Waals surface area contributed by atoms with Crippen LogP contribution in [0, 0.1) is 0 Å². The summed E-state index contributed by atoms with van der Waals surface area (Å²) in [5.74, 6) is 2.23. The molecule has 0 N–H and O–H groups in total. The first kappa shape index (κ1) is 22.7. The summed E-state index contributed by atoms with van der Waals surface area (Å²) in [7, 11) is 3.30. The molecule has 1 amide bonds. The molecule has 0 unspecified atom stereocenters. The Morgan fingerprint density at radius 1 is 0.912 bits per heavy atom. The Hall–Kier alpha value is -3.03. The molecule has 2 aliphatic heterocycles. The van der Waals surface area contributed by atoms with Gasteiger partial charge in [0.15, 0.2) is 11.5 Å². The van der Waals surface area contributed by atoms with Crippen molar-refractivity contribution in [1.82, 2.24) is 4.90 Å². The fourth-order valence-corrected chi connectivity index (χ4v) is 5.79. The average molecular weight is 479 g/mol. The van der Waals surface area contributed by atoms with E-state index in [4.69, 9.17) is 14.2 Å². The number of amides is 1. The van der Waals surface area contributed by atoms with Crippen molar-refractivity contribution in [2.75, 3.05) is 51.9 Å². The third-order valence-corrected chi connectivity index (χ3v) is 7.76. The summed E-state index contributed by atoms with van der Waals surface area (Å²) in [6.07, 6.45) is 3.37. The molecule has 1 saturated heterocycles. The molecule has 3 aromatic rings. The largest absolute Gasteiger partial charge is 0.497 e. The maximum atomic E-state index is 13.4. The summed E-state index contributed by atoms with van der Waals surface area (Å²) in [6, 6.07) is 15.9. The van der Waals surface area contributed by atoms with Crippen molar-refractivity contribution < 1.29 is 19.0 Å². The van der Waals surface area contributed by atoms with Crippen molar-refractivity contribution in [2.24, 2.45) is 0 Å². The number of anilines is 1. The van der Waals surface area contributed by atoms with Gasteiger partial charge in [-0.25, -0.2) is 0 Å². The first-order valence-corrected chi connectivity index (χ1v) is 12.6. The average Bonchev–Trinajstić information content (AvgIpc) is 3.55. The number of ether oxygens (including phenoxy) is 3. The Labute approximate surface area is 204 Å². The number of hydrogen-bond acceptors (Lipinski definition) is 6. The molecule has 0 spiro atoms. The Kier molecular flexibility index (Phi) is 6.74. The van der Waals surface area contributed by atoms with Gasteiger partial charge in [0.05, 0.1) is 19.1 Å². The van der Waals surface area contributed by atoms with Crippen LogP contribution in [0.1, 0.15) is 28.1 Å². The van der Waals surface area contributed by atoms with E-state index in [1.807, 2.05) is 47.4 Å². The van der Waals surface area contributed by atoms with E-state index in [0.717, 1.165) is 58.4 Å². The molecule has 6 nitrogen and oxygen atoms in total. The molecule has 5 rings (SSSR count). The van der Waals surface area contributed by atoms with Crippen LogP contribution in [0.2, 0.25) is 0 Å². The van der Waals surface area contributed by atoms with Gasteiger partial charge in [0, 0.05) is 29.7 Å². The third kappa shape index (κ3) is 4.63. The van der Waals surface area contributed by atoms with Crippen LogP contribution in [0.25, 0.3) is 10.4 Å². The maximum Gasteiger partial charge on any atom is 0.268 e. The predicted octanol–water partition coefficient (Wildman–Crippen LogP) is 5.11. The highest BCUT2D eigenvalue weighted by Crippen LogP contribution is 2.38. The fraction of sp³-hybridized carbons (Fsp3) is 0.370. The molecule has 0 bridgehead atoms. The minimum absolute atomic E-state index is 0.0377. The van der Waals surface area contributed by atoms with Crippen LogP contribution in [-0.2, 0) is 6.42 Å². The van der Waals surface area contributed by atoms with E-state index in [0.29, 0.717) is 24.7 Å².